The van der Waals surface area contributed by atoms with Gasteiger partial charge in [0.1, 0.15) is 0 Å². The Kier molecular flexibility index (Phi) is 3.53. The number of ketones is 2. The van der Waals surface area contributed by atoms with Crippen molar-refractivity contribution in [2.24, 2.45) is 5.41 Å². The highest BCUT2D eigenvalue weighted by atomic mass is 16.6. The summed E-state index contributed by atoms with van der Waals surface area (Å²) in [5, 5.41) is 10.9. The fourth-order valence-corrected chi connectivity index (χ4v) is 2.37. The quantitative estimate of drug-likeness (QED) is 0.359. The number of allylic oxidation sites excluding steroid dienone is 1. The zero-order chi connectivity index (χ0) is 14.9. The van der Waals surface area contributed by atoms with Gasteiger partial charge >= 0.3 is 0 Å². The minimum atomic E-state index is -0.520. The van der Waals surface area contributed by atoms with Gasteiger partial charge in [-0.05, 0) is 17.6 Å². The van der Waals surface area contributed by atoms with Crippen LogP contribution in [0.15, 0.2) is 29.8 Å². The second kappa shape index (κ2) is 5.00. The molecule has 1 fully saturated rings. The van der Waals surface area contributed by atoms with Gasteiger partial charge in [0.25, 0.3) is 5.69 Å². The summed E-state index contributed by atoms with van der Waals surface area (Å²) in [5.74, 6) is -0.492. The number of hydrogen-bond donors (Lipinski definition) is 0. The summed E-state index contributed by atoms with van der Waals surface area (Å²) in [6.07, 6.45) is 1.91. The van der Waals surface area contributed by atoms with Crippen molar-refractivity contribution in [3.05, 3.63) is 45.5 Å². The third-order valence-corrected chi connectivity index (χ3v) is 3.31. The van der Waals surface area contributed by atoms with Gasteiger partial charge in [0, 0.05) is 18.9 Å². The summed E-state index contributed by atoms with van der Waals surface area (Å²) in [4.78, 5) is 34.5. The van der Waals surface area contributed by atoms with E-state index in [0.29, 0.717) is 0 Å². The maximum Gasteiger partial charge on any atom is 0.276 e. The third-order valence-electron chi connectivity index (χ3n) is 3.31. The van der Waals surface area contributed by atoms with E-state index in [-0.39, 0.29) is 46.6 Å². The van der Waals surface area contributed by atoms with Gasteiger partial charge in [-0.2, -0.15) is 0 Å². The maximum absolute atomic E-state index is 12.0. The van der Waals surface area contributed by atoms with Crippen LogP contribution in [-0.2, 0) is 9.59 Å². The molecule has 2 rings (SSSR count). The van der Waals surface area contributed by atoms with Crippen LogP contribution in [0.4, 0.5) is 5.69 Å². The summed E-state index contributed by atoms with van der Waals surface area (Å²) in [6.45, 7) is 3.73. The number of carbonyl (C=O) groups is 2. The fraction of sp³-hybridized carbons (Fsp3) is 0.333. The highest BCUT2D eigenvalue weighted by molar-refractivity contribution is 6.25. The topological polar surface area (TPSA) is 77.3 Å². The van der Waals surface area contributed by atoms with E-state index in [1.165, 1.54) is 18.2 Å². The van der Waals surface area contributed by atoms with Crippen molar-refractivity contribution in [1.82, 2.24) is 0 Å². The van der Waals surface area contributed by atoms with Crippen molar-refractivity contribution in [3.63, 3.8) is 0 Å². The van der Waals surface area contributed by atoms with Gasteiger partial charge in [0.2, 0.25) is 0 Å². The molecule has 1 saturated carbocycles. The lowest BCUT2D eigenvalue weighted by molar-refractivity contribution is -0.385. The molecule has 0 heterocycles. The lowest BCUT2D eigenvalue weighted by Gasteiger charge is -2.28. The first kappa shape index (κ1) is 14.1. The summed E-state index contributed by atoms with van der Waals surface area (Å²) in [6, 6.07) is 6.08. The molecule has 1 aliphatic rings. The molecule has 1 aromatic rings. The van der Waals surface area contributed by atoms with Crippen LogP contribution in [0.1, 0.15) is 32.3 Å². The number of carbonyl (C=O) groups excluding carboxylic acids is 2. The van der Waals surface area contributed by atoms with Crippen molar-refractivity contribution in [2.75, 3.05) is 0 Å². The van der Waals surface area contributed by atoms with Crippen LogP contribution in [0.3, 0.4) is 0 Å². The number of hydrogen-bond acceptors (Lipinski definition) is 4. The van der Waals surface area contributed by atoms with E-state index in [0.717, 1.165) is 0 Å². The van der Waals surface area contributed by atoms with Crippen LogP contribution >= 0.6 is 0 Å². The molecule has 0 atom stereocenters. The number of nitro groups is 1. The van der Waals surface area contributed by atoms with Crippen LogP contribution in [0.2, 0.25) is 0 Å². The standard InChI is InChI=1S/C15H15NO4/c1-15(2)8-13(17)11(14(18)9-15)7-10-5-3-4-6-12(10)16(19)20/h3-7H,8-9H2,1-2H3. The summed E-state index contributed by atoms with van der Waals surface area (Å²) < 4.78 is 0. The number of para-hydroxylation sites is 1. The Labute approximate surface area is 116 Å². The van der Waals surface area contributed by atoms with E-state index in [4.69, 9.17) is 0 Å². The average Bonchev–Trinajstić information content (AvgIpc) is 2.33. The Balaban J connectivity index is 2.44. The van der Waals surface area contributed by atoms with Crippen LogP contribution in [-0.4, -0.2) is 16.5 Å². The molecule has 0 N–H and O–H groups in total. The Morgan fingerprint density at radius 1 is 1.15 bits per heavy atom. The van der Waals surface area contributed by atoms with Crippen molar-refractivity contribution < 1.29 is 14.5 Å². The first-order valence-corrected chi connectivity index (χ1v) is 6.32. The third kappa shape index (κ3) is 2.82. The lowest BCUT2D eigenvalue weighted by Crippen LogP contribution is -2.31. The SMILES string of the molecule is CC1(C)CC(=O)C(=Cc2ccccc2[N+](=O)[O-])C(=O)C1. The molecule has 1 aliphatic carbocycles. The molecule has 20 heavy (non-hydrogen) atoms. The Hall–Kier alpha value is -2.30. The molecule has 0 bridgehead atoms. The molecular weight excluding hydrogens is 258 g/mol. The molecule has 0 amide bonds. The number of benzene rings is 1. The second-order valence-corrected chi connectivity index (χ2v) is 5.74. The molecule has 5 heteroatoms. The van der Waals surface area contributed by atoms with Gasteiger partial charge in [-0.1, -0.05) is 26.0 Å². The molecule has 0 aliphatic heterocycles. The Morgan fingerprint density at radius 2 is 1.70 bits per heavy atom. The van der Waals surface area contributed by atoms with E-state index in [9.17, 15) is 19.7 Å². The second-order valence-electron chi connectivity index (χ2n) is 5.74. The highest BCUT2D eigenvalue weighted by Gasteiger charge is 2.35. The van der Waals surface area contributed by atoms with Gasteiger partial charge in [-0.15, -0.1) is 0 Å². The Bertz CT molecular complexity index is 607. The molecule has 1 aromatic carbocycles. The van der Waals surface area contributed by atoms with E-state index in [2.05, 4.69) is 0 Å². The maximum atomic E-state index is 12.0. The lowest BCUT2D eigenvalue weighted by atomic mass is 9.74. The van der Waals surface area contributed by atoms with E-state index in [1.54, 1.807) is 12.1 Å². The first-order chi connectivity index (χ1) is 9.30. The number of nitro benzene ring substituents is 1. The molecule has 104 valence electrons. The van der Waals surface area contributed by atoms with Crippen molar-refractivity contribution in [2.45, 2.75) is 26.7 Å². The number of rotatable bonds is 2. The van der Waals surface area contributed by atoms with Gasteiger partial charge in [-0.3, -0.25) is 19.7 Å². The fourth-order valence-electron chi connectivity index (χ4n) is 2.37. The minimum absolute atomic E-state index is 0.0682. The van der Waals surface area contributed by atoms with Crippen molar-refractivity contribution in [3.8, 4) is 0 Å². The predicted octanol–water partition coefficient (Wildman–Crippen LogP) is 2.94. The van der Waals surface area contributed by atoms with E-state index >= 15 is 0 Å². The number of nitrogens with zero attached hydrogens (tertiary/aromatic N) is 1. The number of Topliss-reactive ketones (excluding diaryl/α,β-unsaturated/α-hetero) is 2. The van der Waals surface area contributed by atoms with Crippen molar-refractivity contribution >= 4 is 23.3 Å². The van der Waals surface area contributed by atoms with Gasteiger partial charge < -0.3 is 0 Å². The zero-order valence-corrected chi connectivity index (χ0v) is 11.4. The van der Waals surface area contributed by atoms with Crippen LogP contribution in [0, 0.1) is 15.5 Å². The molecule has 0 radical (unpaired) electrons. The molecule has 0 aromatic heterocycles. The molecule has 0 spiro atoms. The summed E-state index contributed by atoms with van der Waals surface area (Å²) in [7, 11) is 0. The summed E-state index contributed by atoms with van der Waals surface area (Å²) in [5.41, 5.74) is -0.0910. The molecule has 0 saturated heterocycles. The van der Waals surface area contributed by atoms with E-state index in [1.807, 2.05) is 13.8 Å². The monoisotopic (exact) mass is 273 g/mol. The highest BCUT2D eigenvalue weighted by Crippen LogP contribution is 2.34. The predicted molar refractivity (Wildman–Crippen MR) is 74.1 cm³/mol. The minimum Gasteiger partial charge on any atom is -0.294 e. The van der Waals surface area contributed by atoms with Gasteiger partial charge in [0.15, 0.2) is 11.6 Å². The smallest absolute Gasteiger partial charge is 0.276 e. The molecular formula is C15H15NO4. The normalized spacial score (nSPS) is 18.0. The van der Waals surface area contributed by atoms with E-state index < -0.39 is 4.92 Å². The zero-order valence-electron chi connectivity index (χ0n) is 11.4. The van der Waals surface area contributed by atoms with Crippen LogP contribution in [0.25, 0.3) is 6.08 Å². The van der Waals surface area contributed by atoms with Gasteiger partial charge in [-0.25, -0.2) is 0 Å². The largest absolute Gasteiger partial charge is 0.294 e. The van der Waals surface area contributed by atoms with Crippen molar-refractivity contribution in [1.29, 1.82) is 0 Å². The van der Waals surface area contributed by atoms with Gasteiger partial charge in [0.05, 0.1) is 16.1 Å². The Morgan fingerprint density at radius 3 is 2.25 bits per heavy atom. The first-order valence-electron chi connectivity index (χ1n) is 6.32. The summed E-state index contributed by atoms with van der Waals surface area (Å²) >= 11 is 0. The van der Waals surface area contributed by atoms with Crippen LogP contribution in [0.5, 0.6) is 0 Å². The molecule has 0 unspecified atom stereocenters. The average molecular weight is 273 g/mol. The van der Waals surface area contributed by atoms with Crippen LogP contribution < -0.4 is 0 Å². The molecule has 5 nitrogen and oxygen atoms in total.